The number of aromatic nitrogens is 1. The van der Waals surface area contributed by atoms with E-state index in [9.17, 15) is 4.79 Å². The molecule has 98 valence electrons. The number of rotatable bonds is 3. The van der Waals surface area contributed by atoms with Gasteiger partial charge in [0.2, 0.25) is 0 Å². The third kappa shape index (κ3) is 3.29. The molecule has 0 aliphatic rings. The molecule has 0 radical (unpaired) electrons. The van der Waals surface area contributed by atoms with Crippen molar-refractivity contribution >= 4 is 51.0 Å². The normalized spacial score (nSPS) is 10.3. The number of thiocarbonyl (C=S) groups is 1. The molecular weight excluding hydrogens is 306 g/mol. The first kappa shape index (κ1) is 13.9. The number of aryl methyl sites for hydroxylation is 1. The van der Waals surface area contributed by atoms with Crippen molar-refractivity contribution in [3.63, 3.8) is 0 Å². The summed E-state index contributed by atoms with van der Waals surface area (Å²) >= 11 is 12.0. The lowest BCUT2D eigenvalue weighted by Crippen LogP contribution is -2.17. The van der Waals surface area contributed by atoms with Crippen molar-refractivity contribution in [2.45, 2.75) is 6.54 Å². The molecule has 1 aromatic carbocycles. The molecule has 0 aliphatic heterocycles. The Bertz CT molecular complexity index is 717. The summed E-state index contributed by atoms with van der Waals surface area (Å²) in [7, 11) is 0. The highest BCUT2D eigenvalue weighted by atomic mass is 35.5. The molecule has 0 spiro atoms. The molecule has 1 aromatic heterocycles. The predicted molar refractivity (Wildman–Crippen MR) is 79.3 cm³/mol. The number of nitrogens with zero attached hydrogens (tertiary/aromatic N) is 2. The van der Waals surface area contributed by atoms with Crippen molar-refractivity contribution in [1.82, 2.24) is 9.88 Å². The monoisotopic (exact) mass is 313 g/mol. The summed E-state index contributed by atoms with van der Waals surface area (Å²) in [6.45, 7) is 0.436. The molecule has 2 aromatic rings. The second-order valence-electron chi connectivity index (χ2n) is 3.50. The lowest BCUT2D eigenvalue weighted by atomic mass is 10.3. The quantitative estimate of drug-likeness (QED) is 0.533. The van der Waals surface area contributed by atoms with Gasteiger partial charge < -0.3 is 4.42 Å². The maximum absolute atomic E-state index is 11.7. The smallest absolute Gasteiger partial charge is 0.408 e. The number of oxazole rings is 1. The fourth-order valence-corrected chi connectivity index (χ4v) is 2.60. The van der Waals surface area contributed by atoms with Gasteiger partial charge in [-0.1, -0.05) is 35.6 Å². The lowest BCUT2D eigenvalue weighted by Gasteiger charge is -2.02. The fourth-order valence-electron chi connectivity index (χ4n) is 1.56. The molecule has 8 heteroatoms. The average molecular weight is 314 g/mol. The van der Waals surface area contributed by atoms with Gasteiger partial charge in [0.1, 0.15) is 4.32 Å². The SMILES string of the molecule is N#CNC(=S)SCCn1c(=O)oc2cc(Cl)ccc21. The van der Waals surface area contributed by atoms with Crippen molar-refractivity contribution in [2.75, 3.05) is 5.75 Å². The van der Waals surface area contributed by atoms with Gasteiger partial charge in [0.15, 0.2) is 11.8 Å². The van der Waals surface area contributed by atoms with Crippen LogP contribution in [0.15, 0.2) is 27.4 Å². The standard InChI is InChI=1S/C11H8ClN3O2S2/c12-7-1-2-8-9(5-7)17-11(16)15(8)3-4-19-10(18)14-6-13/h1-2,5H,3-4H2,(H,14,18). The molecule has 0 saturated heterocycles. The van der Waals surface area contributed by atoms with Crippen LogP contribution in [0.1, 0.15) is 0 Å². The molecule has 0 saturated carbocycles. The summed E-state index contributed by atoms with van der Waals surface area (Å²) in [6, 6.07) is 5.03. The summed E-state index contributed by atoms with van der Waals surface area (Å²) in [5, 5.41) is 11.3. The highest BCUT2D eigenvalue weighted by molar-refractivity contribution is 8.22. The van der Waals surface area contributed by atoms with Gasteiger partial charge in [-0.15, -0.1) is 0 Å². The number of hydrogen-bond donors (Lipinski definition) is 1. The van der Waals surface area contributed by atoms with Crippen LogP contribution in [0.4, 0.5) is 0 Å². The van der Waals surface area contributed by atoms with Gasteiger partial charge in [0.05, 0.1) is 5.52 Å². The van der Waals surface area contributed by atoms with Gasteiger partial charge in [-0.2, -0.15) is 5.26 Å². The van der Waals surface area contributed by atoms with Crippen LogP contribution < -0.4 is 11.1 Å². The van der Waals surface area contributed by atoms with E-state index in [1.54, 1.807) is 24.4 Å². The highest BCUT2D eigenvalue weighted by Gasteiger charge is 2.09. The number of fused-ring (bicyclic) bond motifs is 1. The summed E-state index contributed by atoms with van der Waals surface area (Å²) in [6.07, 6.45) is 1.74. The molecule has 0 unspecified atom stereocenters. The lowest BCUT2D eigenvalue weighted by molar-refractivity contribution is 0.514. The minimum absolute atomic E-state index is 0.381. The van der Waals surface area contributed by atoms with E-state index in [2.05, 4.69) is 5.32 Å². The zero-order valence-corrected chi connectivity index (χ0v) is 11.9. The van der Waals surface area contributed by atoms with E-state index in [4.69, 9.17) is 33.5 Å². The van der Waals surface area contributed by atoms with E-state index < -0.39 is 5.76 Å². The Morgan fingerprint density at radius 2 is 2.42 bits per heavy atom. The van der Waals surface area contributed by atoms with Crippen LogP contribution in [0, 0.1) is 11.5 Å². The van der Waals surface area contributed by atoms with E-state index >= 15 is 0 Å². The summed E-state index contributed by atoms with van der Waals surface area (Å²) in [5.74, 6) is 0.127. The third-order valence-corrected chi connectivity index (χ3v) is 3.78. The van der Waals surface area contributed by atoms with Crippen molar-refractivity contribution in [1.29, 1.82) is 5.26 Å². The topological polar surface area (TPSA) is 71.0 Å². The fraction of sp³-hybridized carbons (Fsp3) is 0.182. The first-order chi connectivity index (χ1) is 9.11. The molecule has 0 bridgehead atoms. The summed E-state index contributed by atoms with van der Waals surface area (Å²) in [5.41, 5.74) is 1.15. The van der Waals surface area contributed by atoms with E-state index in [0.29, 0.717) is 32.7 Å². The van der Waals surface area contributed by atoms with Crippen LogP contribution in [-0.4, -0.2) is 14.6 Å². The number of hydrogen-bond acceptors (Lipinski definition) is 5. The summed E-state index contributed by atoms with van der Waals surface area (Å²) in [4.78, 5) is 11.7. The molecule has 0 fully saturated rings. The van der Waals surface area contributed by atoms with E-state index in [1.807, 2.05) is 0 Å². The Morgan fingerprint density at radius 1 is 1.63 bits per heavy atom. The van der Waals surface area contributed by atoms with Gasteiger partial charge in [0, 0.05) is 23.4 Å². The van der Waals surface area contributed by atoms with Crippen molar-refractivity contribution in [3.05, 3.63) is 33.8 Å². The first-order valence-corrected chi connectivity index (χ1v) is 7.00. The van der Waals surface area contributed by atoms with Crippen LogP contribution in [0.25, 0.3) is 11.1 Å². The Morgan fingerprint density at radius 3 is 3.16 bits per heavy atom. The van der Waals surface area contributed by atoms with E-state index in [0.717, 1.165) is 0 Å². The summed E-state index contributed by atoms with van der Waals surface area (Å²) < 4.78 is 6.99. The molecular formula is C11H8ClN3O2S2. The molecule has 0 amide bonds. The second-order valence-corrected chi connectivity index (χ2v) is 5.71. The molecule has 5 nitrogen and oxygen atoms in total. The maximum atomic E-state index is 11.7. The minimum Gasteiger partial charge on any atom is -0.408 e. The van der Waals surface area contributed by atoms with Gasteiger partial charge >= 0.3 is 5.76 Å². The van der Waals surface area contributed by atoms with Gasteiger partial charge in [-0.3, -0.25) is 9.88 Å². The van der Waals surface area contributed by atoms with Crippen molar-refractivity contribution in [2.24, 2.45) is 0 Å². The molecule has 2 rings (SSSR count). The Balaban J connectivity index is 2.13. The van der Waals surface area contributed by atoms with Crippen LogP contribution in [0.3, 0.4) is 0 Å². The molecule has 1 N–H and O–H groups in total. The first-order valence-electron chi connectivity index (χ1n) is 5.22. The number of halogens is 1. The molecule has 0 aliphatic carbocycles. The van der Waals surface area contributed by atoms with Crippen LogP contribution in [0.2, 0.25) is 5.02 Å². The van der Waals surface area contributed by atoms with Gasteiger partial charge in [0.25, 0.3) is 0 Å². The van der Waals surface area contributed by atoms with Crippen LogP contribution in [0.5, 0.6) is 0 Å². The Labute approximate surface area is 123 Å². The Hall–Kier alpha value is -1.49. The number of nitrogens with one attached hydrogen (secondary N) is 1. The Kier molecular flexibility index (Phi) is 4.47. The van der Waals surface area contributed by atoms with Crippen molar-refractivity contribution in [3.8, 4) is 6.19 Å². The van der Waals surface area contributed by atoms with Crippen molar-refractivity contribution < 1.29 is 4.42 Å². The molecule has 0 atom stereocenters. The molecule has 1 heterocycles. The largest absolute Gasteiger partial charge is 0.419 e. The average Bonchev–Trinajstić information content (AvgIpc) is 2.65. The number of benzene rings is 1. The predicted octanol–water partition coefficient (Wildman–Crippen LogP) is 2.34. The number of nitriles is 1. The third-order valence-electron chi connectivity index (χ3n) is 2.34. The highest BCUT2D eigenvalue weighted by Crippen LogP contribution is 2.18. The zero-order chi connectivity index (χ0) is 13.8. The van der Waals surface area contributed by atoms with E-state index in [-0.39, 0.29) is 0 Å². The van der Waals surface area contributed by atoms with Crippen LogP contribution in [-0.2, 0) is 6.54 Å². The van der Waals surface area contributed by atoms with Gasteiger partial charge in [-0.05, 0) is 12.1 Å². The zero-order valence-electron chi connectivity index (χ0n) is 9.55. The van der Waals surface area contributed by atoms with Crippen LogP contribution >= 0.6 is 35.6 Å². The minimum atomic E-state index is -0.433. The molecule has 19 heavy (non-hydrogen) atoms. The van der Waals surface area contributed by atoms with E-state index in [1.165, 1.54) is 16.3 Å². The second kappa shape index (κ2) is 6.10. The van der Waals surface area contributed by atoms with Gasteiger partial charge in [-0.25, -0.2) is 4.79 Å². The number of thioether (sulfide) groups is 1. The maximum Gasteiger partial charge on any atom is 0.419 e.